The average Bonchev–Trinajstić information content (AvgIpc) is 3.44. The maximum absolute atomic E-state index is 12.8. The Labute approximate surface area is 234 Å². The Bertz CT molecular complexity index is 1350. The summed E-state index contributed by atoms with van der Waals surface area (Å²) in [6.45, 7) is 8.32. The zero-order chi connectivity index (χ0) is 26.5. The topological polar surface area (TPSA) is 92.8 Å². The number of anilines is 1. The standard InChI is InChI=1S/C26H27Cl2N5O2S2/c1-4-10-33-24(15(3)35-21-9-7-17(27)12-20(21)28)31-32-26(33)36-14-23(34)30-25-19(13-29)18-8-6-16(5-2)11-22(18)37-25/h4,7,9,12,15-16H,1,5-6,8,10-11,14H2,2-3H3,(H,30,34). The number of allylic oxidation sites excluding steroid dienone is 1. The molecule has 1 aliphatic carbocycles. The molecule has 2 heterocycles. The third kappa shape index (κ3) is 6.32. The molecular weight excluding hydrogens is 549 g/mol. The van der Waals surface area contributed by atoms with Gasteiger partial charge in [-0.25, -0.2) is 0 Å². The number of nitriles is 1. The van der Waals surface area contributed by atoms with E-state index < -0.39 is 6.10 Å². The van der Waals surface area contributed by atoms with Gasteiger partial charge in [-0.1, -0.05) is 54.4 Å². The molecular formula is C26H27Cl2N5O2S2. The third-order valence-corrected chi connectivity index (χ3v) is 8.93. The van der Waals surface area contributed by atoms with Gasteiger partial charge in [-0.15, -0.1) is 28.1 Å². The molecule has 0 saturated carbocycles. The predicted molar refractivity (Wildman–Crippen MR) is 150 cm³/mol. The number of hydrogen-bond donors (Lipinski definition) is 1. The van der Waals surface area contributed by atoms with Crippen LogP contribution in [0.5, 0.6) is 5.75 Å². The number of fused-ring (bicyclic) bond motifs is 1. The highest BCUT2D eigenvalue weighted by Gasteiger charge is 2.26. The summed E-state index contributed by atoms with van der Waals surface area (Å²) in [4.78, 5) is 14.1. The second-order valence-corrected chi connectivity index (χ2v) is 11.6. The van der Waals surface area contributed by atoms with Gasteiger partial charge in [-0.2, -0.15) is 5.26 Å². The summed E-state index contributed by atoms with van der Waals surface area (Å²) in [5.41, 5.74) is 1.71. The first-order valence-corrected chi connectivity index (χ1v) is 14.5. The van der Waals surface area contributed by atoms with E-state index in [0.29, 0.717) is 49.8 Å². The maximum atomic E-state index is 12.8. The zero-order valence-corrected chi connectivity index (χ0v) is 23.7. The molecule has 0 spiro atoms. The van der Waals surface area contributed by atoms with Crippen molar-refractivity contribution >= 4 is 57.2 Å². The Hall–Kier alpha value is -2.51. The Morgan fingerprint density at radius 2 is 2.27 bits per heavy atom. The normalized spacial score (nSPS) is 15.5. The highest BCUT2D eigenvalue weighted by Crippen LogP contribution is 2.40. The molecule has 7 nitrogen and oxygen atoms in total. The highest BCUT2D eigenvalue weighted by molar-refractivity contribution is 7.99. The van der Waals surface area contributed by atoms with Crippen LogP contribution in [0.4, 0.5) is 5.00 Å². The van der Waals surface area contributed by atoms with Crippen LogP contribution in [0.3, 0.4) is 0 Å². The average molecular weight is 577 g/mol. The quantitative estimate of drug-likeness (QED) is 0.205. The van der Waals surface area contributed by atoms with Crippen molar-refractivity contribution in [2.24, 2.45) is 5.92 Å². The van der Waals surface area contributed by atoms with E-state index in [4.69, 9.17) is 27.9 Å². The van der Waals surface area contributed by atoms with Gasteiger partial charge >= 0.3 is 0 Å². The van der Waals surface area contributed by atoms with Crippen molar-refractivity contribution in [1.29, 1.82) is 5.26 Å². The lowest BCUT2D eigenvalue weighted by atomic mass is 9.86. The van der Waals surface area contributed by atoms with Gasteiger partial charge in [0.05, 0.1) is 16.3 Å². The number of benzene rings is 1. The zero-order valence-electron chi connectivity index (χ0n) is 20.6. The van der Waals surface area contributed by atoms with E-state index in [-0.39, 0.29) is 11.7 Å². The monoisotopic (exact) mass is 575 g/mol. The summed E-state index contributed by atoms with van der Waals surface area (Å²) in [5.74, 6) is 1.64. The van der Waals surface area contributed by atoms with Crippen molar-refractivity contribution in [3.8, 4) is 11.8 Å². The first-order valence-electron chi connectivity index (χ1n) is 12.0. The predicted octanol–water partition coefficient (Wildman–Crippen LogP) is 7.09. The number of rotatable bonds is 10. The Balaban J connectivity index is 1.44. The SMILES string of the molecule is C=CCn1c(SCC(=O)Nc2sc3c(c2C#N)CCC(CC)C3)nnc1C(C)Oc1ccc(Cl)cc1Cl. The Morgan fingerprint density at radius 3 is 2.97 bits per heavy atom. The fourth-order valence-corrected chi connectivity index (χ4v) is 6.86. The van der Waals surface area contributed by atoms with Crippen LogP contribution < -0.4 is 10.1 Å². The summed E-state index contributed by atoms with van der Waals surface area (Å²) >= 11 is 15.0. The molecule has 0 saturated heterocycles. The van der Waals surface area contributed by atoms with Crippen molar-refractivity contribution in [1.82, 2.24) is 14.8 Å². The number of aromatic nitrogens is 3. The summed E-state index contributed by atoms with van der Waals surface area (Å²) in [6, 6.07) is 7.33. The molecule has 0 bridgehead atoms. The number of carbonyl (C=O) groups is 1. The second-order valence-electron chi connectivity index (χ2n) is 8.75. The van der Waals surface area contributed by atoms with Crippen LogP contribution in [0.25, 0.3) is 0 Å². The number of thioether (sulfide) groups is 1. The van der Waals surface area contributed by atoms with Crippen molar-refractivity contribution < 1.29 is 9.53 Å². The lowest BCUT2D eigenvalue weighted by Gasteiger charge is -2.20. The van der Waals surface area contributed by atoms with Gasteiger partial charge in [-0.05, 0) is 55.9 Å². The van der Waals surface area contributed by atoms with Crippen LogP contribution in [-0.4, -0.2) is 26.4 Å². The van der Waals surface area contributed by atoms with Crippen molar-refractivity contribution in [3.63, 3.8) is 0 Å². The van der Waals surface area contributed by atoms with Gasteiger partial charge in [0.25, 0.3) is 0 Å². The molecule has 0 aliphatic heterocycles. The summed E-state index contributed by atoms with van der Waals surface area (Å²) in [6.07, 6.45) is 5.36. The van der Waals surface area contributed by atoms with Crippen LogP contribution >= 0.6 is 46.3 Å². The molecule has 3 aromatic rings. The number of thiophene rings is 1. The van der Waals surface area contributed by atoms with E-state index in [9.17, 15) is 10.1 Å². The van der Waals surface area contributed by atoms with Crippen molar-refractivity contribution in [3.05, 3.63) is 62.7 Å². The number of nitrogens with zero attached hydrogens (tertiary/aromatic N) is 4. The molecule has 194 valence electrons. The molecule has 0 radical (unpaired) electrons. The van der Waals surface area contributed by atoms with E-state index in [2.05, 4.69) is 35.1 Å². The van der Waals surface area contributed by atoms with E-state index in [1.807, 2.05) is 11.5 Å². The summed E-state index contributed by atoms with van der Waals surface area (Å²) < 4.78 is 7.86. The third-order valence-electron chi connectivity index (χ3n) is 6.26. The Morgan fingerprint density at radius 1 is 1.46 bits per heavy atom. The number of amides is 1. The van der Waals surface area contributed by atoms with Crippen LogP contribution in [-0.2, 0) is 24.2 Å². The molecule has 2 aromatic heterocycles. The van der Waals surface area contributed by atoms with Gasteiger partial charge in [0.1, 0.15) is 16.8 Å². The van der Waals surface area contributed by atoms with E-state index in [1.165, 1.54) is 28.0 Å². The van der Waals surface area contributed by atoms with E-state index in [1.54, 1.807) is 24.3 Å². The van der Waals surface area contributed by atoms with E-state index >= 15 is 0 Å². The molecule has 1 aromatic carbocycles. The molecule has 1 amide bonds. The molecule has 2 atom stereocenters. The number of nitrogens with one attached hydrogen (secondary N) is 1. The largest absolute Gasteiger partial charge is 0.481 e. The van der Waals surface area contributed by atoms with Gasteiger partial charge in [-0.3, -0.25) is 9.36 Å². The summed E-state index contributed by atoms with van der Waals surface area (Å²) in [7, 11) is 0. The fourth-order valence-electron chi connectivity index (χ4n) is 4.32. The molecule has 1 aliphatic rings. The smallest absolute Gasteiger partial charge is 0.235 e. The second kappa shape index (κ2) is 12.4. The van der Waals surface area contributed by atoms with Gasteiger partial charge in [0.15, 0.2) is 17.1 Å². The number of carbonyl (C=O) groups excluding carboxylic acids is 1. The number of halogens is 2. The van der Waals surface area contributed by atoms with Crippen LogP contribution in [0.15, 0.2) is 36.0 Å². The fraction of sp³-hybridized carbons (Fsp3) is 0.385. The van der Waals surface area contributed by atoms with Gasteiger partial charge in [0.2, 0.25) is 5.91 Å². The summed E-state index contributed by atoms with van der Waals surface area (Å²) in [5, 5.41) is 23.4. The molecule has 1 N–H and O–H groups in total. The van der Waals surface area contributed by atoms with Gasteiger partial charge in [0, 0.05) is 16.4 Å². The minimum Gasteiger partial charge on any atom is -0.481 e. The molecule has 2 unspecified atom stereocenters. The maximum Gasteiger partial charge on any atom is 0.235 e. The van der Waals surface area contributed by atoms with Crippen molar-refractivity contribution in [2.45, 2.75) is 57.3 Å². The minimum atomic E-state index is -0.461. The van der Waals surface area contributed by atoms with Crippen LogP contribution in [0.2, 0.25) is 10.0 Å². The van der Waals surface area contributed by atoms with Gasteiger partial charge < -0.3 is 10.1 Å². The van der Waals surface area contributed by atoms with Crippen molar-refractivity contribution in [2.75, 3.05) is 11.1 Å². The first kappa shape index (κ1) is 27.5. The lowest BCUT2D eigenvalue weighted by Crippen LogP contribution is -2.15. The van der Waals surface area contributed by atoms with Crippen LogP contribution in [0, 0.1) is 17.2 Å². The first-order chi connectivity index (χ1) is 17.8. The van der Waals surface area contributed by atoms with E-state index in [0.717, 1.165) is 31.2 Å². The number of ether oxygens (including phenoxy) is 1. The van der Waals surface area contributed by atoms with Crippen LogP contribution in [0.1, 0.15) is 54.6 Å². The highest BCUT2D eigenvalue weighted by atomic mass is 35.5. The lowest BCUT2D eigenvalue weighted by molar-refractivity contribution is -0.113. The molecule has 4 rings (SSSR count). The molecule has 0 fully saturated rings. The molecule has 11 heteroatoms. The Kier molecular flexibility index (Phi) is 9.19. The minimum absolute atomic E-state index is 0.124. The number of hydrogen-bond acceptors (Lipinski definition) is 7. The molecule has 37 heavy (non-hydrogen) atoms.